The van der Waals surface area contributed by atoms with Crippen molar-refractivity contribution < 1.29 is 0 Å². The molecule has 0 saturated carbocycles. The molecule has 0 spiro atoms. The van der Waals surface area contributed by atoms with Gasteiger partial charge in [-0.25, -0.2) is 0 Å². The summed E-state index contributed by atoms with van der Waals surface area (Å²) < 4.78 is 0. The van der Waals surface area contributed by atoms with Crippen LogP contribution in [0.1, 0.15) is 40.7 Å². The van der Waals surface area contributed by atoms with Gasteiger partial charge in [0, 0.05) is 0 Å². The Kier molecular flexibility index (Phi) is 6.49. The molecule has 0 aliphatic carbocycles. The van der Waals surface area contributed by atoms with Gasteiger partial charge in [0.2, 0.25) is 0 Å². The Morgan fingerprint density at radius 2 is 1.70 bits per heavy atom. The number of hydrogen-bond acceptors (Lipinski definition) is 2. The molecule has 2 nitrogen and oxygen atoms in total. The molecule has 0 aromatic heterocycles. The summed E-state index contributed by atoms with van der Waals surface area (Å²) in [6.45, 7) is 7.93. The van der Waals surface area contributed by atoms with E-state index in [4.69, 9.17) is 0 Å². The highest BCUT2D eigenvalue weighted by Crippen LogP contribution is 2.09. The van der Waals surface area contributed by atoms with E-state index in [9.17, 15) is 0 Å². The number of benzene rings is 2. The number of unbranched alkanes of at least 4 members (excludes halogenated alkanes) is 1. The fourth-order valence-corrected chi connectivity index (χ4v) is 2.39. The van der Waals surface area contributed by atoms with Crippen molar-refractivity contribution >= 4 is 12.4 Å². The Bertz CT molecular complexity index is 694. The summed E-state index contributed by atoms with van der Waals surface area (Å²) in [4.78, 5) is 0. The quantitative estimate of drug-likeness (QED) is 0.288. The maximum absolute atomic E-state index is 4.14. The average molecular weight is 304 g/mol. The van der Waals surface area contributed by atoms with E-state index in [2.05, 4.69) is 73.1 Å². The Morgan fingerprint density at radius 3 is 2.39 bits per heavy atom. The van der Waals surface area contributed by atoms with Crippen molar-refractivity contribution in [1.82, 2.24) is 0 Å². The highest BCUT2D eigenvalue weighted by atomic mass is 15.2. The first-order valence-electron chi connectivity index (χ1n) is 8.02. The van der Waals surface area contributed by atoms with Gasteiger partial charge in [0.25, 0.3) is 0 Å². The van der Waals surface area contributed by atoms with Gasteiger partial charge in [-0.05, 0) is 55.4 Å². The van der Waals surface area contributed by atoms with E-state index in [1.807, 2.05) is 6.08 Å². The molecule has 2 aromatic carbocycles. The predicted molar refractivity (Wildman–Crippen MR) is 101 cm³/mol. The fourth-order valence-electron chi connectivity index (χ4n) is 2.39. The van der Waals surface area contributed by atoms with E-state index >= 15 is 0 Å². The molecule has 0 atom stereocenters. The molecule has 0 unspecified atom stereocenters. The van der Waals surface area contributed by atoms with Gasteiger partial charge in [0.05, 0.1) is 12.4 Å². The second-order valence-electron chi connectivity index (χ2n) is 5.77. The lowest BCUT2D eigenvalue weighted by molar-refractivity contribution is 0.844. The van der Waals surface area contributed by atoms with Crippen LogP contribution in [0.5, 0.6) is 0 Å². The van der Waals surface area contributed by atoms with Gasteiger partial charge >= 0.3 is 0 Å². The van der Waals surface area contributed by atoms with E-state index in [0.717, 1.165) is 30.4 Å². The molecular formula is C21H24N2. The molecule has 0 aliphatic rings. The van der Waals surface area contributed by atoms with Crippen LogP contribution in [0.25, 0.3) is 0 Å². The standard InChI is InChI=1S/C21H24N2/c1-4-5-6-7-19-9-11-20(12-10-19)15-22-23-16-21-13-8-17(2)14-18(21)3/h4,8-16H,1,5-7H2,2-3H3. The van der Waals surface area contributed by atoms with Crippen LogP contribution >= 0.6 is 0 Å². The second-order valence-corrected chi connectivity index (χ2v) is 5.77. The van der Waals surface area contributed by atoms with Gasteiger partial charge < -0.3 is 0 Å². The van der Waals surface area contributed by atoms with E-state index in [1.165, 1.54) is 16.7 Å². The van der Waals surface area contributed by atoms with Crippen LogP contribution in [0.15, 0.2) is 65.3 Å². The largest absolute Gasteiger partial charge is 0.159 e. The van der Waals surface area contributed by atoms with Crippen molar-refractivity contribution in [2.75, 3.05) is 0 Å². The maximum atomic E-state index is 4.14. The molecule has 2 rings (SSSR count). The summed E-state index contributed by atoms with van der Waals surface area (Å²) in [5, 5.41) is 8.28. The molecule has 0 saturated heterocycles. The summed E-state index contributed by atoms with van der Waals surface area (Å²) in [6.07, 6.45) is 8.86. The molecule has 23 heavy (non-hydrogen) atoms. The van der Waals surface area contributed by atoms with E-state index < -0.39 is 0 Å². The predicted octanol–water partition coefficient (Wildman–Crippen LogP) is 5.27. The third-order valence-electron chi connectivity index (χ3n) is 3.75. The zero-order valence-corrected chi connectivity index (χ0v) is 14.0. The van der Waals surface area contributed by atoms with Crippen LogP contribution in [-0.2, 0) is 6.42 Å². The fraction of sp³-hybridized carbons (Fsp3) is 0.238. The van der Waals surface area contributed by atoms with Crippen molar-refractivity contribution in [3.8, 4) is 0 Å². The molecule has 118 valence electrons. The van der Waals surface area contributed by atoms with Crippen LogP contribution < -0.4 is 0 Å². The molecule has 2 heteroatoms. The van der Waals surface area contributed by atoms with Gasteiger partial charge in [-0.1, -0.05) is 54.1 Å². The maximum Gasteiger partial charge on any atom is 0.0570 e. The lowest BCUT2D eigenvalue weighted by Gasteiger charge is -2.00. The summed E-state index contributed by atoms with van der Waals surface area (Å²) in [5.74, 6) is 0. The van der Waals surface area contributed by atoms with Gasteiger partial charge in [-0.2, -0.15) is 10.2 Å². The summed E-state index contributed by atoms with van der Waals surface area (Å²) in [5.41, 5.74) is 5.99. The minimum Gasteiger partial charge on any atom is -0.159 e. The first-order chi connectivity index (χ1) is 11.2. The first kappa shape index (κ1) is 16.9. The molecule has 0 fully saturated rings. The third-order valence-corrected chi connectivity index (χ3v) is 3.75. The molecule has 0 bridgehead atoms. The van der Waals surface area contributed by atoms with Crippen molar-refractivity contribution in [2.24, 2.45) is 10.2 Å². The Morgan fingerprint density at radius 1 is 0.957 bits per heavy atom. The number of nitrogens with zero attached hydrogens (tertiary/aromatic N) is 2. The van der Waals surface area contributed by atoms with Crippen molar-refractivity contribution in [3.63, 3.8) is 0 Å². The smallest absolute Gasteiger partial charge is 0.0570 e. The lowest BCUT2D eigenvalue weighted by Crippen LogP contribution is -1.88. The highest BCUT2D eigenvalue weighted by molar-refractivity contribution is 5.83. The number of hydrogen-bond donors (Lipinski definition) is 0. The SMILES string of the molecule is C=CCCCc1ccc(C=NN=Cc2ccc(C)cc2C)cc1. The van der Waals surface area contributed by atoms with Gasteiger partial charge in [-0.15, -0.1) is 6.58 Å². The zero-order chi connectivity index (χ0) is 16.5. The van der Waals surface area contributed by atoms with E-state index in [1.54, 1.807) is 12.4 Å². The molecule has 0 heterocycles. The van der Waals surface area contributed by atoms with Crippen LogP contribution in [0.2, 0.25) is 0 Å². The van der Waals surface area contributed by atoms with Gasteiger partial charge in [0.1, 0.15) is 0 Å². The molecule has 2 aromatic rings. The minimum atomic E-state index is 1.07. The van der Waals surface area contributed by atoms with Crippen molar-refractivity contribution in [3.05, 3.63) is 82.9 Å². The Hall–Kier alpha value is -2.48. The van der Waals surface area contributed by atoms with Crippen LogP contribution in [0.4, 0.5) is 0 Å². The van der Waals surface area contributed by atoms with Gasteiger partial charge in [0.15, 0.2) is 0 Å². The van der Waals surface area contributed by atoms with Crippen molar-refractivity contribution in [2.45, 2.75) is 33.1 Å². The highest BCUT2D eigenvalue weighted by Gasteiger charge is 1.95. The van der Waals surface area contributed by atoms with Gasteiger partial charge in [-0.3, -0.25) is 0 Å². The average Bonchev–Trinajstić information content (AvgIpc) is 2.55. The van der Waals surface area contributed by atoms with Crippen LogP contribution in [0, 0.1) is 13.8 Å². The third kappa shape index (κ3) is 5.67. The summed E-state index contributed by atoms with van der Waals surface area (Å²) in [6, 6.07) is 14.8. The molecule has 0 amide bonds. The lowest BCUT2D eigenvalue weighted by atomic mass is 10.1. The monoisotopic (exact) mass is 304 g/mol. The summed E-state index contributed by atoms with van der Waals surface area (Å²) in [7, 11) is 0. The van der Waals surface area contributed by atoms with Crippen LogP contribution in [-0.4, -0.2) is 12.4 Å². The Labute approximate surface area is 139 Å². The number of aryl methyl sites for hydroxylation is 3. The van der Waals surface area contributed by atoms with Crippen LogP contribution in [0.3, 0.4) is 0 Å². The number of allylic oxidation sites excluding steroid dienone is 1. The summed E-state index contributed by atoms with van der Waals surface area (Å²) >= 11 is 0. The topological polar surface area (TPSA) is 24.7 Å². The molecule has 0 N–H and O–H groups in total. The first-order valence-corrected chi connectivity index (χ1v) is 8.02. The zero-order valence-electron chi connectivity index (χ0n) is 14.0. The normalized spacial score (nSPS) is 11.4. The minimum absolute atomic E-state index is 1.07. The van der Waals surface area contributed by atoms with Crippen molar-refractivity contribution in [1.29, 1.82) is 0 Å². The second kappa shape index (κ2) is 8.84. The van der Waals surface area contributed by atoms with E-state index in [-0.39, 0.29) is 0 Å². The van der Waals surface area contributed by atoms with E-state index in [0.29, 0.717) is 0 Å². The number of rotatable bonds is 7. The molecule has 0 aliphatic heterocycles. The Balaban J connectivity index is 1.92. The molecule has 0 radical (unpaired) electrons. The molecular weight excluding hydrogens is 280 g/mol.